The van der Waals surface area contributed by atoms with Gasteiger partial charge in [0, 0.05) is 0 Å². The molecular formula is C15H16O2. The van der Waals surface area contributed by atoms with Crippen molar-refractivity contribution in [3.8, 4) is 0 Å². The molecule has 0 aliphatic heterocycles. The minimum atomic E-state index is 0.0884. The monoisotopic (exact) mass is 228 g/mol. The fourth-order valence-corrected chi connectivity index (χ4v) is 1.60. The van der Waals surface area contributed by atoms with Gasteiger partial charge in [0.25, 0.3) is 0 Å². The molecule has 0 bridgehead atoms. The van der Waals surface area contributed by atoms with Crippen molar-refractivity contribution in [3.05, 3.63) is 71.3 Å². The van der Waals surface area contributed by atoms with Crippen LogP contribution in [0.4, 0.5) is 0 Å². The van der Waals surface area contributed by atoms with E-state index in [1.54, 1.807) is 0 Å². The Morgan fingerprint density at radius 1 is 0.706 bits per heavy atom. The Kier molecular flexibility index (Phi) is 4.30. The second-order valence-electron chi connectivity index (χ2n) is 3.95. The van der Waals surface area contributed by atoms with Crippen molar-refractivity contribution in [1.82, 2.24) is 0 Å². The van der Waals surface area contributed by atoms with Gasteiger partial charge in [0.1, 0.15) is 0 Å². The van der Waals surface area contributed by atoms with E-state index < -0.39 is 0 Å². The zero-order valence-electron chi connectivity index (χ0n) is 9.67. The normalized spacial score (nSPS) is 10.4. The van der Waals surface area contributed by atoms with E-state index in [0.717, 1.165) is 11.1 Å². The second kappa shape index (κ2) is 6.18. The molecule has 1 N–H and O–H groups in total. The predicted octanol–water partition coefficient (Wildman–Crippen LogP) is 2.90. The van der Waals surface area contributed by atoms with Crippen LogP contribution in [-0.4, -0.2) is 5.11 Å². The molecule has 0 unspecified atom stereocenters. The zero-order chi connectivity index (χ0) is 11.9. The zero-order valence-corrected chi connectivity index (χ0v) is 9.67. The van der Waals surface area contributed by atoms with E-state index >= 15 is 0 Å². The molecule has 2 nitrogen and oxygen atoms in total. The van der Waals surface area contributed by atoms with Gasteiger partial charge in [-0.25, -0.2) is 0 Å². The topological polar surface area (TPSA) is 29.5 Å². The first-order valence-electron chi connectivity index (χ1n) is 5.69. The third kappa shape index (κ3) is 3.70. The van der Waals surface area contributed by atoms with Crippen LogP contribution in [0.25, 0.3) is 0 Å². The van der Waals surface area contributed by atoms with Crippen molar-refractivity contribution in [1.29, 1.82) is 0 Å². The van der Waals surface area contributed by atoms with Crippen LogP contribution in [0.15, 0.2) is 54.6 Å². The van der Waals surface area contributed by atoms with E-state index in [2.05, 4.69) is 12.1 Å². The van der Waals surface area contributed by atoms with Gasteiger partial charge in [-0.15, -0.1) is 0 Å². The molecular weight excluding hydrogens is 212 g/mol. The highest BCUT2D eigenvalue weighted by molar-refractivity contribution is 5.21. The van der Waals surface area contributed by atoms with E-state index in [1.807, 2.05) is 42.5 Å². The molecule has 0 saturated heterocycles. The fraction of sp³-hybridized carbons (Fsp3) is 0.200. The van der Waals surface area contributed by atoms with Gasteiger partial charge in [-0.05, 0) is 16.7 Å². The molecule has 2 rings (SSSR count). The Balaban J connectivity index is 1.82. The van der Waals surface area contributed by atoms with E-state index in [0.29, 0.717) is 13.2 Å². The van der Waals surface area contributed by atoms with Gasteiger partial charge in [0.2, 0.25) is 0 Å². The quantitative estimate of drug-likeness (QED) is 0.852. The summed E-state index contributed by atoms with van der Waals surface area (Å²) in [6.07, 6.45) is 0. The molecule has 0 saturated carbocycles. The maximum Gasteiger partial charge on any atom is 0.0721 e. The first-order chi connectivity index (χ1) is 8.38. The molecule has 0 radical (unpaired) electrons. The molecule has 2 aromatic rings. The molecule has 0 aliphatic carbocycles. The minimum Gasteiger partial charge on any atom is -0.392 e. The Labute approximate surface area is 101 Å². The van der Waals surface area contributed by atoms with Gasteiger partial charge in [-0.1, -0.05) is 54.6 Å². The average Bonchev–Trinajstić information content (AvgIpc) is 2.41. The van der Waals surface area contributed by atoms with Crippen molar-refractivity contribution in [2.24, 2.45) is 0 Å². The lowest BCUT2D eigenvalue weighted by Gasteiger charge is -2.05. The molecule has 2 aromatic carbocycles. The summed E-state index contributed by atoms with van der Waals surface area (Å²) in [7, 11) is 0. The van der Waals surface area contributed by atoms with Crippen LogP contribution in [-0.2, 0) is 24.6 Å². The second-order valence-corrected chi connectivity index (χ2v) is 3.95. The van der Waals surface area contributed by atoms with Crippen molar-refractivity contribution in [3.63, 3.8) is 0 Å². The Morgan fingerprint density at radius 2 is 1.24 bits per heavy atom. The van der Waals surface area contributed by atoms with Gasteiger partial charge >= 0.3 is 0 Å². The highest BCUT2D eigenvalue weighted by Crippen LogP contribution is 2.07. The maximum absolute atomic E-state index is 8.92. The smallest absolute Gasteiger partial charge is 0.0721 e. The molecule has 0 aliphatic rings. The van der Waals surface area contributed by atoms with Crippen molar-refractivity contribution >= 4 is 0 Å². The summed E-state index contributed by atoms with van der Waals surface area (Å²) in [6, 6.07) is 17.9. The van der Waals surface area contributed by atoms with Gasteiger partial charge in [-0.2, -0.15) is 0 Å². The Bertz CT molecular complexity index is 434. The number of rotatable bonds is 5. The molecule has 0 fully saturated rings. The highest BCUT2D eigenvalue weighted by atomic mass is 16.5. The Morgan fingerprint density at radius 3 is 1.82 bits per heavy atom. The lowest BCUT2D eigenvalue weighted by atomic mass is 10.1. The molecule has 0 heterocycles. The SMILES string of the molecule is OCc1ccc(COCc2ccccc2)cc1. The lowest BCUT2D eigenvalue weighted by Crippen LogP contribution is -1.94. The standard InChI is InChI=1S/C15H16O2/c16-10-13-6-8-15(9-7-13)12-17-11-14-4-2-1-3-5-14/h1-9,16H,10-12H2. The van der Waals surface area contributed by atoms with Crippen LogP contribution >= 0.6 is 0 Å². The van der Waals surface area contributed by atoms with E-state index in [-0.39, 0.29) is 6.61 Å². The fourth-order valence-electron chi connectivity index (χ4n) is 1.60. The van der Waals surface area contributed by atoms with Crippen LogP contribution in [0.5, 0.6) is 0 Å². The van der Waals surface area contributed by atoms with Crippen molar-refractivity contribution in [2.45, 2.75) is 19.8 Å². The molecule has 17 heavy (non-hydrogen) atoms. The molecule has 0 spiro atoms. The Hall–Kier alpha value is -1.64. The molecule has 0 amide bonds. The predicted molar refractivity (Wildman–Crippen MR) is 67.3 cm³/mol. The number of hydrogen-bond donors (Lipinski definition) is 1. The van der Waals surface area contributed by atoms with Crippen LogP contribution < -0.4 is 0 Å². The van der Waals surface area contributed by atoms with Gasteiger partial charge < -0.3 is 9.84 Å². The largest absolute Gasteiger partial charge is 0.392 e. The summed E-state index contributed by atoms with van der Waals surface area (Å²) in [5.41, 5.74) is 3.23. The van der Waals surface area contributed by atoms with Crippen molar-refractivity contribution < 1.29 is 9.84 Å². The first kappa shape index (κ1) is 11.8. The summed E-state index contributed by atoms with van der Waals surface area (Å²) in [5, 5.41) is 8.92. The summed E-state index contributed by atoms with van der Waals surface area (Å²) in [6.45, 7) is 1.31. The third-order valence-electron chi connectivity index (χ3n) is 2.59. The van der Waals surface area contributed by atoms with Crippen LogP contribution in [0.3, 0.4) is 0 Å². The minimum absolute atomic E-state index is 0.0884. The summed E-state index contributed by atoms with van der Waals surface area (Å²) in [5.74, 6) is 0. The van der Waals surface area contributed by atoms with Crippen LogP contribution in [0.1, 0.15) is 16.7 Å². The third-order valence-corrected chi connectivity index (χ3v) is 2.59. The molecule has 88 valence electrons. The molecule has 0 atom stereocenters. The van der Waals surface area contributed by atoms with Gasteiger partial charge in [0.15, 0.2) is 0 Å². The van der Waals surface area contributed by atoms with Crippen molar-refractivity contribution in [2.75, 3.05) is 0 Å². The maximum atomic E-state index is 8.92. The average molecular weight is 228 g/mol. The number of hydrogen-bond acceptors (Lipinski definition) is 2. The summed E-state index contributed by atoms with van der Waals surface area (Å²) < 4.78 is 5.62. The van der Waals surface area contributed by atoms with E-state index in [4.69, 9.17) is 9.84 Å². The van der Waals surface area contributed by atoms with E-state index in [1.165, 1.54) is 5.56 Å². The first-order valence-corrected chi connectivity index (χ1v) is 5.69. The summed E-state index contributed by atoms with van der Waals surface area (Å²) >= 11 is 0. The number of ether oxygens (including phenoxy) is 1. The highest BCUT2D eigenvalue weighted by Gasteiger charge is 1.95. The molecule has 0 aromatic heterocycles. The number of aliphatic hydroxyl groups is 1. The number of benzene rings is 2. The van der Waals surface area contributed by atoms with Crippen LogP contribution in [0, 0.1) is 0 Å². The van der Waals surface area contributed by atoms with E-state index in [9.17, 15) is 0 Å². The lowest BCUT2D eigenvalue weighted by molar-refractivity contribution is 0.107. The van der Waals surface area contributed by atoms with Gasteiger partial charge in [0.05, 0.1) is 19.8 Å². The van der Waals surface area contributed by atoms with Crippen LogP contribution in [0.2, 0.25) is 0 Å². The molecule has 2 heteroatoms. The van der Waals surface area contributed by atoms with Gasteiger partial charge in [-0.3, -0.25) is 0 Å². The number of aliphatic hydroxyl groups excluding tert-OH is 1. The summed E-state index contributed by atoms with van der Waals surface area (Å²) in [4.78, 5) is 0.